The van der Waals surface area contributed by atoms with Crippen LogP contribution in [0.25, 0.3) is 0 Å². The molecule has 5 rings (SSSR count). The van der Waals surface area contributed by atoms with E-state index in [4.69, 9.17) is 9.47 Å². The maximum Gasteiger partial charge on any atom is 0.326 e. The Bertz CT molecular complexity index is 1480. The molecule has 3 aromatic rings. The fourth-order valence-corrected chi connectivity index (χ4v) is 7.36. The van der Waals surface area contributed by atoms with Gasteiger partial charge in [-0.2, -0.15) is 0 Å². The number of hydrogen-bond acceptors (Lipinski definition) is 5. The summed E-state index contributed by atoms with van der Waals surface area (Å²) >= 11 is 0. The third kappa shape index (κ3) is 6.66. The molecule has 0 bridgehead atoms. The Balaban J connectivity index is 1.60. The minimum Gasteiger partial charge on any atom is -0.496 e. The van der Waals surface area contributed by atoms with Crippen molar-refractivity contribution in [2.75, 3.05) is 13.7 Å². The highest BCUT2D eigenvalue weighted by Crippen LogP contribution is 2.49. The van der Waals surface area contributed by atoms with Crippen molar-refractivity contribution in [1.29, 1.82) is 0 Å². The van der Waals surface area contributed by atoms with E-state index in [9.17, 15) is 14.7 Å². The molecular formula is C38H48N2O5. The van der Waals surface area contributed by atoms with Gasteiger partial charge in [0.25, 0.3) is 5.91 Å². The molecule has 0 radical (unpaired) electrons. The van der Waals surface area contributed by atoms with Gasteiger partial charge >= 0.3 is 5.97 Å². The molecule has 2 fully saturated rings. The zero-order valence-electron chi connectivity index (χ0n) is 27.6. The summed E-state index contributed by atoms with van der Waals surface area (Å²) in [5.74, 6) is -1.06. The molecule has 7 nitrogen and oxygen atoms in total. The van der Waals surface area contributed by atoms with Gasteiger partial charge in [0, 0.05) is 36.6 Å². The van der Waals surface area contributed by atoms with Crippen molar-refractivity contribution in [2.24, 2.45) is 11.3 Å². The number of carboxylic acid groups (broad SMARTS) is 1. The summed E-state index contributed by atoms with van der Waals surface area (Å²) in [5, 5.41) is 14.7. The number of likely N-dealkylation sites (tertiary alicyclic amines) is 1. The molecule has 45 heavy (non-hydrogen) atoms. The number of hydrogen-bond donors (Lipinski definition) is 2. The Hall–Kier alpha value is -3.68. The predicted molar refractivity (Wildman–Crippen MR) is 176 cm³/mol. The van der Waals surface area contributed by atoms with Crippen LogP contribution in [0.15, 0.2) is 78.9 Å². The minimum absolute atomic E-state index is 0.0525. The number of carboxylic acids is 1. The number of carbonyl (C=O) groups excluding carboxylic acids is 1. The summed E-state index contributed by atoms with van der Waals surface area (Å²) < 4.78 is 11.9. The quantitative estimate of drug-likeness (QED) is 0.294. The van der Waals surface area contributed by atoms with Crippen molar-refractivity contribution in [1.82, 2.24) is 10.2 Å². The molecule has 7 heteroatoms. The van der Waals surface area contributed by atoms with Gasteiger partial charge in [-0.05, 0) is 40.0 Å². The number of rotatable bonds is 8. The lowest BCUT2D eigenvalue weighted by molar-refractivity contribution is -0.156. The first-order chi connectivity index (χ1) is 21.3. The molecule has 0 spiro atoms. The highest BCUT2D eigenvalue weighted by molar-refractivity contribution is 5.89. The van der Waals surface area contributed by atoms with Gasteiger partial charge in [0.2, 0.25) is 0 Å². The van der Waals surface area contributed by atoms with Crippen LogP contribution in [0.3, 0.4) is 0 Å². The molecule has 2 saturated heterocycles. The average molecular weight is 613 g/mol. The zero-order chi connectivity index (χ0) is 32.5. The van der Waals surface area contributed by atoms with Crippen molar-refractivity contribution in [3.63, 3.8) is 0 Å². The van der Waals surface area contributed by atoms with Crippen LogP contribution in [0.5, 0.6) is 5.75 Å². The Kier molecular flexibility index (Phi) is 9.43. The summed E-state index contributed by atoms with van der Waals surface area (Å²) in [4.78, 5) is 29.7. The first kappa shape index (κ1) is 32.7. The molecule has 0 aliphatic carbocycles. The van der Waals surface area contributed by atoms with Crippen LogP contribution in [0.2, 0.25) is 0 Å². The van der Waals surface area contributed by atoms with Crippen LogP contribution in [0, 0.1) is 11.3 Å². The van der Waals surface area contributed by atoms with Crippen LogP contribution >= 0.6 is 0 Å². The smallest absolute Gasteiger partial charge is 0.326 e. The summed E-state index contributed by atoms with van der Waals surface area (Å²) in [7, 11) is 1.67. The van der Waals surface area contributed by atoms with Crippen LogP contribution in [-0.4, -0.2) is 53.8 Å². The molecule has 0 aromatic heterocycles. The fourth-order valence-electron chi connectivity index (χ4n) is 7.36. The van der Waals surface area contributed by atoms with Gasteiger partial charge < -0.3 is 24.8 Å². The molecule has 2 aliphatic heterocycles. The average Bonchev–Trinajstić information content (AvgIpc) is 3.64. The summed E-state index contributed by atoms with van der Waals surface area (Å²) in [6.45, 7) is 13.6. The van der Waals surface area contributed by atoms with Gasteiger partial charge in [-0.1, -0.05) is 114 Å². The molecule has 1 amide bonds. The minimum atomic E-state index is -1.05. The maximum absolute atomic E-state index is 14.8. The molecule has 240 valence electrons. The number of aliphatic carboxylic acids is 1. The first-order valence-corrected chi connectivity index (χ1v) is 16.0. The van der Waals surface area contributed by atoms with E-state index in [1.54, 1.807) is 12.0 Å². The van der Waals surface area contributed by atoms with Gasteiger partial charge in [-0.15, -0.1) is 0 Å². The molecular weight excluding hydrogens is 564 g/mol. The molecule has 2 N–H and O–H groups in total. The van der Waals surface area contributed by atoms with Crippen molar-refractivity contribution < 1.29 is 24.2 Å². The van der Waals surface area contributed by atoms with E-state index < -0.39 is 35.5 Å². The third-order valence-electron chi connectivity index (χ3n) is 9.55. The number of ether oxygens (including phenoxy) is 2. The summed E-state index contributed by atoms with van der Waals surface area (Å²) in [6.07, 6.45) is -0.0561. The summed E-state index contributed by atoms with van der Waals surface area (Å²) in [5.41, 5.74) is 3.60. The number of nitrogens with one attached hydrogen (secondary N) is 1. The number of nitrogens with zero attached hydrogens (tertiary/aromatic N) is 1. The maximum atomic E-state index is 14.8. The van der Waals surface area contributed by atoms with E-state index in [-0.39, 0.29) is 23.3 Å². The SMILES string of the molecule is COc1ccc(C(C)(C)C)cc1CN[C@H]1[C@H](C(C)(C)C)[C@@H](C(=O)O)N(C(=O)[C@H]2OCC[C@H]2c2ccccc2)[C@H]1c1ccccc1. The Morgan fingerprint density at radius 1 is 0.933 bits per heavy atom. The second-order valence-electron chi connectivity index (χ2n) is 14.6. The van der Waals surface area contributed by atoms with Gasteiger partial charge in [-0.25, -0.2) is 4.79 Å². The standard InChI is InChI=1S/C38H48N2O5/c1-37(2,3)27-18-19-29(44-7)26(22-27)23-39-31-30(38(4,5)6)33(36(42)43)40(32(31)25-16-12-9-13-17-25)35(41)34-28(20-21-45-34)24-14-10-8-11-15-24/h8-19,22,28,30-34,39H,20-21,23H2,1-7H3,(H,42,43)/t28-,30-,31-,32-,33-,34-/m0/s1. The number of carbonyl (C=O) groups is 2. The first-order valence-electron chi connectivity index (χ1n) is 16.0. The number of methoxy groups -OCH3 is 1. The van der Waals surface area contributed by atoms with E-state index in [0.29, 0.717) is 19.6 Å². The molecule has 2 aliphatic rings. The number of benzene rings is 3. The second kappa shape index (κ2) is 13.0. The van der Waals surface area contributed by atoms with E-state index in [1.165, 1.54) is 5.56 Å². The molecule has 0 unspecified atom stereocenters. The molecule has 0 saturated carbocycles. The Morgan fingerprint density at radius 3 is 2.11 bits per heavy atom. The lowest BCUT2D eigenvalue weighted by Gasteiger charge is -2.35. The largest absolute Gasteiger partial charge is 0.496 e. The Morgan fingerprint density at radius 2 is 1.56 bits per heavy atom. The number of amides is 1. The predicted octanol–water partition coefficient (Wildman–Crippen LogP) is 6.72. The van der Waals surface area contributed by atoms with E-state index in [2.05, 4.69) is 59.0 Å². The van der Waals surface area contributed by atoms with Crippen molar-refractivity contribution in [3.8, 4) is 5.75 Å². The van der Waals surface area contributed by atoms with Gasteiger partial charge in [0.15, 0.2) is 0 Å². The second-order valence-corrected chi connectivity index (χ2v) is 14.6. The highest BCUT2D eigenvalue weighted by atomic mass is 16.5. The van der Waals surface area contributed by atoms with E-state index in [0.717, 1.165) is 22.4 Å². The van der Waals surface area contributed by atoms with Crippen LogP contribution < -0.4 is 10.1 Å². The van der Waals surface area contributed by atoms with Crippen molar-refractivity contribution >= 4 is 11.9 Å². The lowest BCUT2D eigenvalue weighted by Crippen LogP contribution is -2.51. The molecule has 6 atom stereocenters. The zero-order valence-corrected chi connectivity index (χ0v) is 27.6. The lowest BCUT2D eigenvalue weighted by atomic mass is 9.72. The van der Waals surface area contributed by atoms with E-state index >= 15 is 0 Å². The third-order valence-corrected chi connectivity index (χ3v) is 9.55. The molecule has 2 heterocycles. The topological polar surface area (TPSA) is 88.1 Å². The van der Waals surface area contributed by atoms with Crippen molar-refractivity contribution in [2.45, 2.75) is 90.1 Å². The van der Waals surface area contributed by atoms with Crippen LogP contribution in [-0.2, 0) is 26.3 Å². The highest BCUT2D eigenvalue weighted by Gasteiger charge is 2.59. The van der Waals surface area contributed by atoms with Gasteiger partial charge in [-0.3, -0.25) is 4.79 Å². The van der Waals surface area contributed by atoms with Gasteiger partial charge in [0.1, 0.15) is 17.9 Å². The summed E-state index contributed by atoms with van der Waals surface area (Å²) in [6, 6.07) is 24.1. The van der Waals surface area contributed by atoms with Crippen LogP contribution in [0.4, 0.5) is 0 Å². The normalized spacial score (nSPS) is 25.4. The van der Waals surface area contributed by atoms with Crippen LogP contribution in [0.1, 0.15) is 82.2 Å². The fraction of sp³-hybridized carbons (Fsp3) is 0.474. The van der Waals surface area contributed by atoms with E-state index in [1.807, 2.05) is 66.7 Å². The van der Waals surface area contributed by atoms with Crippen molar-refractivity contribution in [3.05, 3.63) is 101 Å². The molecule has 3 aromatic carbocycles. The van der Waals surface area contributed by atoms with Gasteiger partial charge in [0.05, 0.1) is 13.2 Å². The monoisotopic (exact) mass is 612 g/mol. The Labute approximate surface area is 267 Å².